The molecule has 0 bridgehead atoms. The van der Waals surface area contributed by atoms with Crippen LogP contribution < -0.4 is 0 Å². The van der Waals surface area contributed by atoms with Crippen molar-refractivity contribution in [1.82, 2.24) is 0 Å². The van der Waals surface area contributed by atoms with Crippen LogP contribution in [0.2, 0.25) is 0 Å². The van der Waals surface area contributed by atoms with Crippen LogP contribution in [0.25, 0.3) is 0 Å². The Balaban J connectivity index is 2.01. The van der Waals surface area contributed by atoms with E-state index >= 15 is 0 Å². The molecule has 0 aromatic carbocycles. The molecule has 4 heteroatoms. The third-order valence-electron chi connectivity index (χ3n) is 6.41. The summed E-state index contributed by atoms with van der Waals surface area (Å²) < 4.78 is 5.12. The second-order valence-electron chi connectivity index (χ2n) is 8.32. The molecule has 0 radical (unpaired) electrons. The number of ether oxygens (including phenoxy) is 1. The third-order valence-corrected chi connectivity index (χ3v) is 6.41. The second-order valence-corrected chi connectivity index (χ2v) is 8.32. The van der Waals surface area contributed by atoms with Crippen molar-refractivity contribution in [2.45, 2.75) is 78.7 Å². The van der Waals surface area contributed by atoms with Gasteiger partial charge >= 0.3 is 5.97 Å². The molecule has 0 amide bonds. The van der Waals surface area contributed by atoms with E-state index in [2.05, 4.69) is 13.5 Å². The summed E-state index contributed by atoms with van der Waals surface area (Å²) in [5.74, 6) is 1.03. The van der Waals surface area contributed by atoms with Gasteiger partial charge in [-0.2, -0.15) is 0 Å². The fourth-order valence-corrected chi connectivity index (χ4v) is 4.57. The normalized spacial score (nSPS) is 34.0. The Morgan fingerprint density at radius 2 is 2.00 bits per heavy atom. The van der Waals surface area contributed by atoms with E-state index < -0.39 is 0 Å². The number of allylic oxidation sites excluding steroid dienone is 1. The van der Waals surface area contributed by atoms with Gasteiger partial charge in [0, 0.05) is 31.1 Å². The van der Waals surface area contributed by atoms with E-state index in [1.54, 1.807) is 0 Å². The molecule has 0 aliphatic heterocycles. The lowest BCUT2D eigenvalue weighted by atomic mass is 9.49. The minimum absolute atomic E-state index is 0.0792. The number of rotatable bonds is 5. The van der Waals surface area contributed by atoms with Gasteiger partial charge in [-0.05, 0) is 50.9 Å². The fraction of sp³-hybridized carbons (Fsp3) is 0.762. The van der Waals surface area contributed by atoms with E-state index in [1.807, 2.05) is 13.8 Å². The van der Waals surface area contributed by atoms with Gasteiger partial charge < -0.3 is 4.74 Å². The van der Waals surface area contributed by atoms with Crippen molar-refractivity contribution in [3.63, 3.8) is 0 Å². The van der Waals surface area contributed by atoms with Crippen molar-refractivity contribution in [3.8, 4) is 0 Å². The summed E-state index contributed by atoms with van der Waals surface area (Å²) >= 11 is 0. The molecule has 140 valence electrons. The molecule has 2 aliphatic carbocycles. The third kappa shape index (κ3) is 4.39. The minimum Gasteiger partial charge on any atom is -0.463 e. The average molecular weight is 348 g/mol. The number of ketones is 2. The van der Waals surface area contributed by atoms with Gasteiger partial charge in [0.2, 0.25) is 0 Å². The fourth-order valence-electron chi connectivity index (χ4n) is 4.57. The Kier molecular flexibility index (Phi) is 6.23. The molecular formula is C21H32O4. The van der Waals surface area contributed by atoms with Crippen LogP contribution in [-0.2, 0) is 19.1 Å². The van der Waals surface area contributed by atoms with Crippen molar-refractivity contribution in [1.29, 1.82) is 0 Å². The number of esters is 1. The molecule has 0 aromatic heterocycles. The second kappa shape index (κ2) is 7.84. The number of hydrogen-bond donors (Lipinski definition) is 0. The molecule has 0 unspecified atom stereocenters. The van der Waals surface area contributed by atoms with Crippen molar-refractivity contribution >= 4 is 17.5 Å². The summed E-state index contributed by atoms with van der Waals surface area (Å²) in [6.45, 7) is 11.5. The summed E-state index contributed by atoms with van der Waals surface area (Å²) in [6, 6.07) is 0. The molecule has 5 atom stereocenters. The first kappa shape index (κ1) is 19.9. The molecule has 2 saturated carbocycles. The highest BCUT2D eigenvalue weighted by Gasteiger charge is 2.54. The molecule has 0 aromatic rings. The highest BCUT2D eigenvalue weighted by atomic mass is 16.5. The van der Waals surface area contributed by atoms with Crippen molar-refractivity contribution < 1.29 is 19.1 Å². The van der Waals surface area contributed by atoms with E-state index in [-0.39, 0.29) is 29.2 Å². The molecule has 2 aliphatic rings. The predicted octanol–water partition coefficient (Wildman–Crippen LogP) is 4.27. The zero-order valence-electron chi connectivity index (χ0n) is 16.1. The van der Waals surface area contributed by atoms with E-state index in [0.717, 1.165) is 31.3 Å². The Bertz CT molecular complexity index is 564. The maximum Gasteiger partial charge on any atom is 0.302 e. The van der Waals surface area contributed by atoms with Crippen LogP contribution in [0.15, 0.2) is 12.2 Å². The van der Waals surface area contributed by atoms with Crippen LogP contribution in [0.1, 0.15) is 72.6 Å². The van der Waals surface area contributed by atoms with Gasteiger partial charge in [0.25, 0.3) is 0 Å². The summed E-state index contributed by atoms with van der Waals surface area (Å²) in [4.78, 5) is 36.0. The SMILES string of the molecule is C=C1CCC(=O)[C@@H](C)CC[C@H]2[C@H]1C[C@]2(C)C(=O)CC[C@@H](C)OC(C)=O. The highest BCUT2D eigenvalue weighted by Crippen LogP contribution is 2.58. The number of carbonyl (C=O) groups is 3. The Hall–Kier alpha value is -1.45. The number of carbonyl (C=O) groups excluding carboxylic acids is 3. The van der Waals surface area contributed by atoms with Crippen molar-refractivity contribution in [2.24, 2.45) is 23.2 Å². The molecular weight excluding hydrogens is 316 g/mol. The standard InChI is InChI=1S/C21H32O4/c1-13-7-10-19(23)14(2)6-9-18-17(13)12-21(18,5)20(24)11-8-15(3)25-16(4)22/h14-15,17-18H,1,6-12H2,2-5H3/t14-,15+,17-,18-,21-/m0/s1. The largest absolute Gasteiger partial charge is 0.463 e. The lowest BCUT2D eigenvalue weighted by Gasteiger charge is -2.53. The van der Waals surface area contributed by atoms with E-state index in [4.69, 9.17) is 4.74 Å². The quantitative estimate of drug-likeness (QED) is 0.550. The van der Waals surface area contributed by atoms with Crippen LogP contribution in [0.4, 0.5) is 0 Å². The van der Waals surface area contributed by atoms with Gasteiger partial charge in [0.1, 0.15) is 11.6 Å². The van der Waals surface area contributed by atoms with Crippen LogP contribution >= 0.6 is 0 Å². The smallest absolute Gasteiger partial charge is 0.302 e. The Labute approximate surface area is 151 Å². The summed E-state index contributed by atoms with van der Waals surface area (Å²) in [7, 11) is 0. The molecule has 4 nitrogen and oxygen atoms in total. The predicted molar refractivity (Wildman–Crippen MR) is 97.0 cm³/mol. The van der Waals surface area contributed by atoms with Gasteiger partial charge in [-0.3, -0.25) is 14.4 Å². The van der Waals surface area contributed by atoms with Crippen LogP contribution in [0.3, 0.4) is 0 Å². The molecule has 0 N–H and O–H groups in total. The topological polar surface area (TPSA) is 60.4 Å². The molecule has 0 heterocycles. The minimum atomic E-state index is -0.323. The number of fused-ring (bicyclic) bond motifs is 1. The summed E-state index contributed by atoms with van der Waals surface area (Å²) in [5, 5.41) is 0. The first-order chi connectivity index (χ1) is 11.6. The van der Waals surface area contributed by atoms with Crippen molar-refractivity contribution in [2.75, 3.05) is 0 Å². The van der Waals surface area contributed by atoms with Crippen molar-refractivity contribution in [3.05, 3.63) is 12.2 Å². The average Bonchev–Trinajstić information content (AvgIpc) is 2.56. The highest BCUT2D eigenvalue weighted by molar-refractivity contribution is 5.86. The van der Waals surface area contributed by atoms with Crippen LogP contribution in [0, 0.1) is 23.2 Å². The number of Topliss-reactive ketones (excluding diaryl/α,β-unsaturated/α-hetero) is 2. The zero-order chi connectivity index (χ0) is 18.8. The Morgan fingerprint density at radius 1 is 1.32 bits per heavy atom. The number of hydrogen-bond acceptors (Lipinski definition) is 4. The molecule has 0 spiro atoms. The first-order valence-electron chi connectivity index (χ1n) is 9.56. The maximum atomic E-state index is 12.9. The zero-order valence-corrected chi connectivity index (χ0v) is 16.1. The van der Waals surface area contributed by atoms with Gasteiger partial charge in [0.15, 0.2) is 0 Å². The monoisotopic (exact) mass is 348 g/mol. The summed E-state index contributed by atoms with van der Waals surface area (Å²) in [6.07, 6.45) is 4.76. The van der Waals surface area contributed by atoms with Gasteiger partial charge in [0.05, 0.1) is 6.10 Å². The Morgan fingerprint density at radius 3 is 2.64 bits per heavy atom. The van der Waals surface area contributed by atoms with Gasteiger partial charge in [-0.15, -0.1) is 0 Å². The first-order valence-corrected chi connectivity index (χ1v) is 9.56. The van der Waals surface area contributed by atoms with Gasteiger partial charge in [-0.1, -0.05) is 26.0 Å². The molecule has 25 heavy (non-hydrogen) atoms. The summed E-state index contributed by atoms with van der Waals surface area (Å²) in [5.41, 5.74) is 0.822. The lowest BCUT2D eigenvalue weighted by Crippen LogP contribution is -2.51. The molecule has 2 fully saturated rings. The molecule has 2 rings (SSSR count). The molecule has 0 saturated heterocycles. The van der Waals surface area contributed by atoms with E-state index in [0.29, 0.717) is 36.9 Å². The van der Waals surface area contributed by atoms with Crippen LogP contribution in [-0.4, -0.2) is 23.6 Å². The van der Waals surface area contributed by atoms with E-state index in [9.17, 15) is 14.4 Å². The lowest BCUT2D eigenvalue weighted by molar-refractivity contribution is -0.149. The maximum absolute atomic E-state index is 12.9. The van der Waals surface area contributed by atoms with Gasteiger partial charge in [-0.25, -0.2) is 0 Å². The van der Waals surface area contributed by atoms with E-state index in [1.165, 1.54) is 6.92 Å². The van der Waals surface area contributed by atoms with Crippen LogP contribution in [0.5, 0.6) is 0 Å².